The van der Waals surface area contributed by atoms with Gasteiger partial charge in [-0.1, -0.05) is 61.0 Å². The minimum Gasteiger partial charge on any atom is -0.357 e. The van der Waals surface area contributed by atoms with Crippen LogP contribution in [-0.4, -0.2) is 35.6 Å². The summed E-state index contributed by atoms with van der Waals surface area (Å²) >= 11 is 1.59. The van der Waals surface area contributed by atoms with Crippen molar-refractivity contribution >= 4 is 23.6 Å². The summed E-state index contributed by atoms with van der Waals surface area (Å²) in [5.74, 6) is 1.01. The number of hydrogen-bond acceptors (Lipinski definition) is 3. The highest BCUT2D eigenvalue weighted by Crippen LogP contribution is 2.19. The van der Waals surface area contributed by atoms with E-state index in [0.717, 1.165) is 16.9 Å². The number of rotatable bonds is 9. The molecule has 0 radical (unpaired) electrons. The molecule has 1 unspecified atom stereocenters. The molecule has 0 aromatic heterocycles. The molecule has 150 valence electrons. The first-order chi connectivity index (χ1) is 13.5. The Morgan fingerprint density at radius 2 is 1.86 bits per heavy atom. The van der Waals surface area contributed by atoms with Gasteiger partial charge in [0.25, 0.3) is 0 Å². The van der Waals surface area contributed by atoms with Crippen molar-refractivity contribution in [3.8, 4) is 0 Å². The van der Waals surface area contributed by atoms with Crippen LogP contribution in [0.5, 0.6) is 0 Å². The number of nitrogens with zero attached hydrogens (tertiary/aromatic N) is 1. The van der Waals surface area contributed by atoms with E-state index in [1.165, 1.54) is 11.1 Å². The van der Waals surface area contributed by atoms with Crippen LogP contribution in [0.1, 0.15) is 35.6 Å². The average molecular weight is 399 g/mol. The zero-order valence-corrected chi connectivity index (χ0v) is 18.0. The van der Waals surface area contributed by atoms with Gasteiger partial charge in [-0.25, -0.2) is 0 Å². The lowest BCUT2D eigenvalue weighted by atomic mass is 10.1. The van der Waals surface area contributed by atoms with Gasteiger partial charge in [-0.2, -0.15) is 0 Å². The number of aryl methyl sites for hydroxylation is 2. The molecule has 1 atom stereocenters. The maximum absolute atomic E-state index is 13.1. The molecule has 0 aliphatic heterocycles. The fraction of sp³-hybridized carbons (Fsp3) is 0.391. The van der Waals surface area contributed by atoms with Crippen LogP contribution in [0.25, 0.3) is 0 Å². The van der Waals surface area contributed by atoms with E-state index in [2.05, 4.69) is 30.4 Å². The van der Waals surface area contributed by atoms with E-state index >= 15 is 0 Å². The van der Waals surface area contributed by atoms with E-state index in [0.29, 0.717) is 18.7 Å². The predicted molar refractivity (Wildman–Crippen MR) is 117 cm³/mol. The fourth-order valence-electron chi connectivity index (χ4n) is 3.20. The first-order valence-electron chi connectivity index (χ1n) is 9.65. The van der Waals surface area contributed by atoms with E-state index in [9.17, 15) is 9.59 Å². The summed E-state index contributed by atoms with van der Waals surface area (Å²) in [4.78, 5) is 27.2. The third-order valence-electron chi connectivity index (χ3n) is 4.81. The van der Waals surface area contributed by atoms with Crippen molar-refractivity contribution in [1.29, 1.82) is 0 Å². The van der Waals surface area contributed by atoms with Gasteiger partial charge in [-0.3, -0.25) is 9.59 Å². The van der Waals surface area contributed by atoms with E-state index in [4.69, 9.17) is 0 Å². The molecule has 2 aromatic rings. The summed E-state index contributed by atoms with van der Waals surface area (Å²) < 4.78 is 0. The Kier molecular flexibility index (Phi) is 8.58. The summed E-state index contributed by atoms with van der Waals surface area (Å²) in [6.45, 7) is 6.49. The standard InChI is InChI=1S/C23H30N2O2S/c1-5-21(23(27)24-4)25(14-20-12-7-6-10-18(20)3)22(26)16-28-15-19-11-8-9-17(2)13-19/h6-13,21H,5,14-16H2,1-4H3,(H,24,27). The number of thioether (sulfide) groups is 1. The molecule has 4 nitrogen and oxygen atoms in total. The summed E-state index contributed by atoms with van der Waals surface area (Å²) in [5.41, 5.74) is 4.62. The van der Waals surface area contributed by atoms with Crippen LogP contribution in [-0.2, 0) is 21.9 Å². The number of benzene rings is 2. The first kappa shape index (κ1) is 22.0. The molecule has 2 aromatic carbocycles. The largest absolute Gasteiger partial charge is 0.357 e. The van der Waals surface area contributed by atoms with Crippen LogP contribution < -0.4 is 5.32 Å². The summed E-state index contributed by atoms with van der Waals surface area (Å²) in [7, 11) is 1.62. The Labute approximate surface area is 172 Å². The lowest BCUT2D eigenvalue weighted by molar-refractivity contribution is -0.139. The molecule has 0 heterocycles. The number of carbonyl (C=O) groups excluding carboxylic acids is 2. The molecule has 2 amide bonds. The fourth-order valence-corrected chi connectivity index (χ4v) is 4.06. The highest BCUT2D eigenvalue weighted by Gasteiger charge is 2.28. The molecule has 0 fully saturated rings. The van der Waals surface area contributed by atoms with Crippen LogP contribution in [0, 0.1) is 13.8 Å². The number of carbonyl (C=O) groups is 2. The van der Waals surface area contributed by atoms with Crippen molar-refractivity contribution in [3.63, 3.8) is 0 Å². The Morgan fingerprint density at radius 1 is 1.11 bits per heavy atom. The second kappa shape index (κ2) is 10.9. The van der Waals surface area contributed by atoms with Crippen molar-refractivity contribution in [2.45, 2.75) is 45.5 Å². The Bertz CT molecular complexity index is 807. The quantitative estimate of drug-likeness (QED) is 0.692. The van der Waals surface area contributed by atoms with Gasteiger partial charge in [-0.05, 0) is 37.0 Å². The van der Waals surface area contributed by atoms with E-state index in [1.807, 2.05) is 44.2 Å². The molecule has 0 bridgehead atoms. The van der Waals surface area contributed by atoms with E-state index in [-0.39, 0.29) is 11.8 Å². The molecule has 0 spiro atoms. The van der Waals surface area contributed by atoms with Crippen LogP contribution in [0.3, 0.4) is 0 Å². The lowest BCUT2D eigenvalue weighted by Gasteiger charge is -2.30. The molecule has 0 aliphatic rings. The monoisotopic (exact) mass is 398 g/mol. The predicted octanol–water partition coefficient (Wildman–Crippen LogP) is 4.09. The molecule has 2 rings (SSSR count). The topological polar surface area (TPSA) is 49.4 Å². The van der Waals surface area contributed by atoms with Crippen molar-refractivity contribution < 1.29 is 9.59 Å². The van der Waals surface area contributed by atoms with Crippen LogP contribution >= 0.6 is 11.8 Å². The zero-order chi connectivity index (χ0) is 20.5. The molecule has 28 heavy (non-hydrogen) atoms. The Balaban J connectivity index is 2.11. The molecule has 0 aliphatic carbocycles. The first-order valence-corrected chi connectivity index (χ1v) is 10.8. The Morgan fingerprint density at radius 3 is 2.50 bits per heavy atom. The highest BCUT2D eigenvalue weighted by molar-refractivity contribution is 7.99. The third kappa shape index (κ3) is 6.13. The molecule has 0 saturated heterocycles. The number of nitrogens with one attached hydrogen (secondary N) is 1. The summed E-state index contributed by atoms with van der Waals surface area (Å²) in [6, 6.07) is 15.9. The van der Waals surface area contributed by atoms with Gasteiger partial charge in [0.2, 0.25) is 11.8 Å². The second-order valence-corrected chi connectivity index (χ2v) is 7.95. The number of hydrogen-bond donors (Lipinski definition) is 1. The van der Waals surface area contributed by atoms with E-state index < -0.39 is 6.04 Å². The minimum absolute atomic E-state index is 0.00337. The zero-order valence-electron chi connectivity index (χ0n) is 17.2. The van der Waals surface area contributed by atoms with Crippen molar-refractivity contribution in [2.24, 2.45) is 0 Å². The van der Waals surface area contributed by atoms with Gasteiger partial charge in [0.05, 0.1) is 5.75 Å². The van der Waals surface area contributed by atoms with Gasteiger partial charge in [0, 0.05) is 19.3 Å². The second-order valence-electron chi connectivity index (χ2n) is 6.97. The molecule has 5 heteroatoms. The van der Waals surface area contributed by atoms with Gasteiger partial charge in [0.15, 0.2) is 0 Å². The van der Waals surface area contributed by atoms with Gasteiger partial charge in [-0.15, -0.1) is 11.8 Å². The minimum atomic E-state index is -0.461. The maximum atomic E-state index is 13.1. The van der Waals surface area contributed by atoms with Crippen molar-refractivity contribution in [1.82, 2.24) is 10.2 Å². The van der Waals surface area contributed by atoms with E-state index in [1.54, 1.807) is 23.7 Å². The third-order valence-corrected chi connectivity index (χ3v) is 5.80. The van der Waals surface area contributed by atoms with Crippen LogP contribution in [0.4, 0.5) is 0 Å². The van der Waals surface area contributed by atoms with Crippen LogP contribution in [0.2, 0.25) is 0 Å². The molecule has 0 saturated carbocycles. The van der Waals surface area contributed by atoms with Crippen LogP contribution in [0.15, 0.2) is 48.5 Å². The SMILES string of the molecule is CCC(C(=O)NC)N(Cc1ccccc1C)C(=O)CSCc1cccc(C)c1. The normalized spacial score (nSPS) is 11.7. The number of amides is 2. The van der Waals surface area contributed by atoms with Gasteiger partial charge >= 0.3 is 0 Å². The lowest BCUT2D eigenvalue weighted by Crippen LogP contribution is -2.48. The van der Waals surface area contributed by atoms with Gasteiger partial charge < -0.3 is 10.2 Å². The average Bonchev–Trinajstić information content (AvgIpc) is 2.69. The maximum Gasteiger partial charge on any atom is 0.242 e. The molecule has 1 N–H and O–H groups in total. The van der Waals surface area contributed by atoms with Crippen molar-refractivity contribution in [3.05, 3.63) is 70.8 Å². The summed E-state index contributed by atoms with van der Waals surface area (Å²) in [6.07, 6.45) is 0.583. The van der Waals surface area contributed by atoms with Gasteiger partial charge in [0.1, 0.15) is 6.04 Å². The smallest absolute Gasteiger partial charge is 0.242 e. The Hall–Kier alpha value is -2.27. The van der Waals surface area contributed by atoms with Crippen molar-refractivity contribution in [2.75, 3.05) is 12.8 Å². The molecular weight excluding hydrogens is 368 g/mol. The molecular formula is C23H30N2O2S. The summed E-state index contributed by atoms with van der Waals surface area (Å²) in [5, 5.41) is 2.70. The number of likely N-dealkylation sites (N-methyl/N-ethyl adjacent to an activating group) is 1. The highest BCUT2D eigenvalue weighted by atomic mass is 32.2.